The number of rotatable bonds is 3. The largest absolute Gasteiger partial charge is 0.494 e. The third-order valence-corrected chi connectivity index (χ3v) is 4.34. The number of ether oxygens (including phenoxy) is 1. The number of nitrogen functional groups attached to an aromatic ring is 1. The number of hydrogen-bond donors (Lipinski definition) is 1. The standard InChI is InChI=1S/C18H18N4O/c1-23-18-8-7-15(19)10-17(18)22-11-16(20-21-22)14-6-5-12-3-2-4-13(12)9-14/h5-11H,2-4,19H2,1H3. The van der Waals surface area contributed by atoms with Crippen molar-refractivity contribution in [2.75, 3.05) is 12.8 Å². The summed E-state index contributed by atoms with van der Waals surface area (Å²) < 4.78 is 7.09. The molecule has 5 nitrogen and oxygen atoms in total. The Hall–Kier alpha value is -2.82. The highest BCUT2D eigenvalue weighted by atomic mass is 16.5. The van der Waals surface area contributed by atoms with Gasteiger partial charge in [0.15, 0.2) is 0 Å². The molecule has 116 valence electrons. The summed E-state index contributed by atoms with van der Waals surface area (Å²) in [5.74, 6) is 0.713. The molecule has 2 aromatic carbocycles. The molecule has 1 aliphatic rings. The van der Waals surface area contributed by atoms with Gasteiger partial charge in [-0.15, -0.1) is 5.10 Å². The predicted octanol–water partition coefficient (Wildman–Crippen LogP) is 3.01. The van der Waals surface area contributed by atoms with E-state index in [1.54, 1.807) is 17.9 Å². The minimum Gasteiger partial charge on any atom is -0.494 e. The number of nitrogens with zero attached hydrogens (tertiary/aromatic N) is 3. The van der Waals surface area contributed by atoms with Gasteiger partial charge in [0.1, 0.15) is 17.1 Å². The zero-order valence-electron chi connectivity index (χ0n) is 13.0. The van der Waals surface area contributed by atoms with Gasteiger partial charge in [-0.05, 0) is 54.7 Å². The number of benzene rings is 2. The van der Waals surface area contributed by atoms with E-state index in [0.717, 1.165) is 23.4 Å². The van der Waals surface area contributed by atoms with Gasteiger partial charge in [-0.2, -0.15) is 0 Å². The molecule has 0 amide bonds. The summed E-state index contributed by atoms with van der Waals surface area (Å²) >= 11 is 0. The van der Waals surface area contributed by atoms with E-state index in [9.17, 15) is 0 Å². The van der Waals surface area contributed by atoms with Crippen LogP contribution in [0, 0.1) is 0 Å². The highest BCUT2D eigenvalue weighted by molar-refractivity contribution is 5.62. The molecule has 0 bridgehead atoms. The molecule has 23 heavy (non-hydrogen) atoms. The summed E-state index contributed by atoms with van der Waals surface area (Å²) in [4.78, 5) is 0. The molecule has 4 rings (SSSR count). The van der Waals surface area contributed by atoms with Crippen LogP contribution >= 0.6 is 0 Å². The molecular formula is C18H18N4O. The third kappa shape index (κ3) is 2.44. The maximum Gasteiger partial charge on any atom is 0.144 e. The molecule has 5 heteroatoms. The van der Waals surface area contributed by atoms with Gasteiger partial charge in [-0.3, -0.25) is 0 Å². The van der Waals surface area contributed by atoms with Gasteiger partial charge in [0.2, 0.25) is 0 Å². The van der Waals surface area contributed by atoms with E-state index in [-0.39, 0.29) is 0 Å². The lowest BCUT2D eigenvalue weighted by molar-refractivity contribution is 0.411. The van der Waals surface area contributed by atoms with Gasteiger partial charge in [0.05, 0.1) is 13.3 Å². The van der Waals surface area contributed by atoms with Gasteiger partial charge in [0.25, 0.3) is 0 Å². The first kappa shape index (κ1) is 13.8. The van der Waals surface area contributed by atoms with E-state index < -0.39 is 0 Å². The lowest BCUT2D eigenvalue weighted by Gasteiger charge is -2.08. The Bertz CT molecular complexity index is 869. The fourth-order valence-corrected chi connectivity index (χ4v) is 3.13. The zero-order chi connectivity index (χ0) is 15.8. The minimum absolute atomic E-state index is 0.662. The third-order valence-electron chi connectivity index (χ3n) is 4.34. The molecule has 0 atom stereocenters. The first-order valence-electron chi connectivity index (χ1n) is 7.73. The Morgan fingerprint density at radius 1 is 1.09 bits per heavy atom. The molecular weight excluding hydrogens is 288 g/mol. The molecule has 2 N–H and O–H groups in total. The Kier molecular flexibility index (Phi) is 3.26. The second kappa shape index (κ2) is 5.43. The number of aryl methyl sites for hydroxylation is 2. The van der Waals surface area contributed by atoms with Gasteiger partial charge in [-0.1, -0.05) is 17.3 Å². The maximum absolute atomic E-state index is 5.88. The van der Waals surface area contributed by atoms with Crippen LogP contribution in [0.3, 0.4) is 0 Å². The zero-order valence-corrected chi connectivity index (χ0v) is 13.0. The first-order valence-corrected chi connectivity index (χ1v) is 7.73. The second-order valence-corrected chi connectivity index (χ2v) is 5.82. The number of fused-ring (bicyclic) bond motifs is 1. The summed E-state index contributed by atoms with van der Waals surface area (Å²) in [6.07, 6.45) is 5.49. The van der Waals surface area contributed by atoms with Crippen molar-refractivity contribution in [3.8, 4) is 22.7 Å². The summed E-state index contributed by atoms with van der Waals surface area (Å²) in [6.45, 7) is 0. The predicted molar refractivity (Wildman–Crippen MR) is 89.8 cm³/mol. The SMILES string of the molecule is COc1ccc(N)cc1-n1cc(-c2ccc3c(c2)CCC3)nn1. The molecule has 0 radical (unpaired) electrons. The number of methoxy groups -OCH3 is 1. The van der Waals surface area contributed by atoms with E-state index in [4.69, 9.17) is 10.5 Å². The molecule has 0 fully saturated rings. The maximum atomic E-state index is 5.88. The fraction of sp³-hybridized carbons (Fsp3) is 0.222. The second-order valence-electron chi connectivity index (χ2n) is 5.82. The molecule has 1 aliphatic carbocycles. The summed E-state index contributed by atoms with van der Waals surface area (Å²) in [7, 11) is 1.63. The smallest absolute Gasteiger partial charge is 0.144 e. The molecule has 0 saturated carbocycles. The van der Waals surface area contributed by atoms with E-state index in [1.165, 1.54) is 24.0 Å². The quantitative estimate of drug-likeness (QED) is 0.755. The van der Waals surface area contributed by atoms with Crippen LogP contribution in [-0.2, 0) is 12.8 Å². The lowest BCUT2D eigenvalue weighted by Crippen LogP contribution is -2.00. The molecule has 0 saturated heterocycles. The Balaban J connectivity index is 1.74. The summed E-state index contributed by atoms with van der Waals surface area (Å²) in [6, 6.07) is 12.0. The summed E-state index contributed by atoms with van der Waals surface area (Å²) in [5.41, 5.74) is 12.2. The van der Waals surface area contributed by atoms with Crippen molar-refractivity contribution in [2.45, 2.75) is 19.3 Å². The van der Waals surface area contributed by atoms with Crippen LogP contribution in [0.5, 0.6) is 5.75 Å². The first-order chi connectivity index (χ1) is 11.2. The summed E-state index contributed by atoms with van der Waals surface area (Å²) in [5, 5.41) is 8.55. The van der Waals surface area contributed by atoms with Crippen LogP contribution in [0.4, 0.5) is 5.69 Å². The van der Waals surface area contributed by atoms with Crippen LogP contribution in [0.15, 0.2) is 42.6 Å². The topological polar surface area (TPSA) is 66.0 Å². The fourth-order valence-electron chi connectivity index (χ4n) is 3.13. The lowest BCUT2D eigenvalue weighted by atomic mass is 10.0. The average Bonchev–Trinajstić information content (AvgIpc) is 3.23. The highest BCUT2D eigenvalue weighted by Crippen LogP contribution is 2.29. The number of nitrogens with two attached hydrogens (primary N) is 1. The molecule has 3 aromatic rings. The molecule has 0 unspecified atom stereocenters. The van der Waals surface area contributed by atoms with Crippen molar-refractivity contribution >= 4 is 5.69 Å². The van der Waals surface area contributed by atoms with Gasteiger partial charge in [0, 0.05) is 11.3 Å². The Morgan fingerprint density at radius 3 is 2.83 bits per heavy atom. The van der Waals surface area contributed by atoms with Crippen LogP contribution in [0.1, 0.15) is 17.5 Å². The molecule has 0 spiro atoms. The van der Waals surface area contributed by atoms with Crippen molar-refractivity contribution in [3.05, 3.63) is 53.7 Å². The van der Waals surface area contributed by atoms with Crippen molar-refractivity contribution in [2.24, 2.45) is 0 Å². The molecule has 1 heterocycles. The van der Waals surface area contributed by atoms with Crippen molar-refractivity contribution < 1.29 is 4.74 Å². The van der Waals surface area contributed by atoms with Gasteiger partial charge < -0.3 is 10.5 Å². The van der Waals surface area contributed by atoms with Crippen LogP contribution < -0.4 is 10.5 Å². The highest BCUT2D eigenvalue weighted by Gasteiger charge is 2.14. The Morgan fingerprint density at radius 2 is 1.96 bits per heavy atom. The van der Waals surface area contributed by atoms with Crippen LogP contribution in [0.2, 0.25) is 0 Å². The normalized spacial score (nSPS) is 13.1. The van der Waals surface area contributed by atoms with Crippen LogP contribution in [0.25, 0.3) is 16.9 Å². The van der Waals surface area contributed by atoms with Gasteiger partial charge >= 0.3 is 0 Å². The van der Waals surface area contributed by atoms with E-state index in [2.05, 4.69) is 28.5 Å². The van der Waals surface area contributed by atoms with E-state index in [0.29, 0.717) is 11.4 Å². The van der Waals surface area contributed by atoms with Crippen molar-refractivity contribution in [1.29, 1.82) is 0 Å². The van der Waals surface area contributed by atoms with Crippen LogP contribution in [-0.4, -0.2) is 22.1 Å². The van der Waals surface area contributed by atoms with Crippen molar-refractivity contribution in [3.63, 3.8) is 0 Å². The monoisotopic (exact) mass is 306 g/mol. The Labute approximate surface area is 134 Å². The number of aromatic nitrogens is 3. The minimum atomic E-state index is 0.662. The average molecular weight is 306 g/mol. The number of anilines is 1. The number of hydrogen-bond acceptors (Lipinski definition) is 4. The van der Waals surface area contributed by atoms with Crippen molar-refractivity contribution in [1.82, 2.24) is 15.0 Å². The van der Waals surface area contributed by atoms with E-state index in [1.807, 2.05) is 18.3 Å². The van der Waals surface area contributed by atoms with Gasteiger partial charge in [-0.25, -0.2) is 4.68 Å². The molecule has 1 aromatic heterocycles. The molecule has 0 aliphatic heterocycles. The van der Waals surface area contributed by atoms with E-state index >= 15 is 0 Å².